The van der Waals surface area contributed by atoms with Gasteiger partial charge in [0.25, 0.3) is 5.91 Å². The number of rotatable bonds is 4. The molecule has 0 aliphatic carbocycles. The molecule has 4 rings (SSSR count). The molecule has 0 bridgehead atoms. The van der Waals surface area contributed by atoms with Crippen LogP contribution in [0, 0.1) is 6.92 Å². The van der Waals surface area contributed by atoms with Crippen molar-refractivity contribution < 1.29 is 9.59 Å². The fourth-order valence-electron chi connectivity index (χ4n) is 3.49. The number of likely N-dealkylation sites (N-methyl/N-ethyl adjacent to an activating group) is 1. The standard InChI is InChI=1S/C23H22N4O2S/c1-15-7-6-8-17(11-15)25-21(28)14-27-13-16(18-9-4-5-10-19(18)27)12-20-22(29)26(3)23(24-2)30-20/h4-13H,14H2,1-3H3,(H,25,28)/b20-12+,24-23?. The fourth-order valence-corrected chi connectivity index (χ4v) is 4.41. The minimum absolute atomic E-state index is 0.0744. The third kappa shape index (κ3) is 3.89. The van der Waals surface area contributed by atoms with Gasteiger partial charge >= 0.3 is 0 Å². The summed E-state index contributed by atoms with van der Waals surface area (Å²) in [5, 5.41) is 4.61. The van der Waals surface area contributed by atoms with Crippen molar-refractivity contribution in [3.05, 3.63) is 70.8 Å². The van der Waals surface area contributed by atoms with Crippen LogP contribution in [0.15, 0.2) is 64.6 Å². The molecule has 3 aromatic rings. The van der Waals surface area contributed by atoms with Crippen molar-refractivity contribution in [2.45, 2.75) is 13.5 Å². The van der Waals surface area contributed by atoms with Gasteiger partial charge in [0, 0.05) is 42.4 Å². The molecule has 6 nitrogen and oxygen atoms in total. The first kappa shape index (κ1) is 20.0. The number of aromatic nitrogens is 1. The summed E-state index contributed by atoms with van der Waals surface area (Å²) in [7, 11) is 3.39. The summed E-state index contributed by atoms with van der Waals surface area (Å²) in [5.74, 6) is -0.179. The van der Waals surface area contributed by atoms with E-state index in [1.807, 2.05) is 72.3 Å². The van der Waals surface area contributed by atoms with Gasteiger partial charge in [0.2, 0.25) is 5.91 Å². The maximum absolute atomic E-state index is 12.6. The Kier molecular flexibility index (Phi) is 5.46. The number of hydrogen-bond donors (Lipinski definition) is 1. The highest BCUT2D eigenvalue weighted by molar-refractivity contribution is 8.18. The Labute approximate surface area is 179 Å². The van der Waals surface area contributed by atoms with E-state index in [1.165, 1.54) is 11.8 Å². The van der Waals surface area contributed by atoms with Gasteiger partial charge in [-0.05, 0) is 48.5 Å². The lowest BCUT2D eigenvalue weighted by Gasteiger charge is -2.08. The average molecular weight is 419 g/mol. The fraction of sp³-hybridized carbons (Fsp3) is 0.174. The number of fused-ring (bicyclic) bond motifs is 1. The lowest BCUT2D eigenvalue weighted by atomic mass is 10.1. The second-order valence-corrected chi connectivity index (χ2v) is 8.14. The summed E-state index contributed by atoms with van der Waals surface area (Å²) < 4.78 is 1.91. The summed E-state index contributed by atoms with van der Waals surface area (Å²) in [4.78, 5) is 31.5. The maximum atomic E-state index is 12.6. The lowest BCUT2D eigenvalue weighted by molar-refractivity contribution is -0.121. The molecular formula is C23H22N4O2S. The van der Waals surface area contributed by atoms with E-state index >= 15 is 0 Å². The number of nitrogens with one attached hydrogen (secondary N) is 1. The van der Waals surface area contributed by atoms with Gasteiger partial charge in [0.15, 0.2) is 5.17 Å². The highest BCUT2D eigenvalue weighted by atomic mass is 32.2. The summed E-state index contributed by atoms with van der Waals surface area (Å²) in [5.41, 5.74) is 3.71. The molecule has 1 aliphatic heterocycles. The smallest absolute Gasteiger partial charge is 0.266 e. The maximum Gasteiger partial charge on any atom is 0.266 e. The van der Waals surface area contributed by atoms with Crippen LogP contribution in [0.5, 0.6) is 0 Å². The SMILES string of the molecule is CN=C1S/C(=C/c2cn(CC(=O)Nc3cccc(C)c3)c3ccccc23)C(=O)N1C. The molecular weight excluding hydrogens is 396 g/mol. The topological polar surface area (TPSA) is 66.7 Å². The predicted molar refractivity (Wildman–Crippen MR) is 123 cm³/mol. The number of anilines is 1. The van der Waals surface area contributed by atoms with Gasteiger partial charge in [-0.1, -0.05) is 30.3 Å². The van der Waals surface area contributed by atoms with Crippen LogP contribution in [0.25, 0.3) is 17.0 Å². The lowest BCUT2D eigenvalue weighted by Crippen LogP contribution is -2.23. The van der Waals surface area contributed by atoms with Crippen molar-refractivity contribution >= 4 is 51.4 Å². The highest BCUT2D eigenvalue weighted by Gasteiger charge is 2.30. The Bertz CT molecular complexity index is 1210. The van der Waals surface area contributed by atoms with Gasteiger partial charge in [-0.15, -0.1) is 0 Å². The van der Waals surface area contributed by atoms with E-state index in [2.05, 4.69) is 10.3 Å². The minimum Gasteiger partial charge on any atom is -0.337 e. The van der Waals surface area contributed by atoms with Crippen LogP contribution in [-0.4, -0.2) is 40.5 Å². The van der Waals surface area contributed by atoms with Crippen LogP contribution in [0.4, 0.5) is 5.69 Å². The zero-order valence-electron chi connectivity index (χ0n) is 17.0. The molecule has 7 heteroatoms. The van der Waals surface area contributed by atoms with Crippen molar-refractivity contribution in [3.8, 4) is 0 Å². The largest absolute Gasteiger partial charge is 0.337 e. The van der Waals surface area contributed by atoms with Crippen LogP contribution in [0.2, 0.25) is 0 Å². The molecule has 2 amide bonds. The number of nitrogens with zero attached hydrogens (tertiary/aromatic N) is 3. The summed E-state index contributed by atoms with van der Waals surface area (Å²) >= 11 is 1.36. The number of para-hydroxylation sites is 1. The Morgan fingerprint density at radius 3 is 2.73 bits per heavy atom. The molecule has 0 saturated carbocycles. The Balaban J connectivity index is 1.64. The van der Waals surface area contributed by atoms with Crippen LogP contribution < -0.4 is 5.32 Å². The highest BCUT2D eigenvalue weighted by Crippen LogP contribution is 2.33. The second kappa shape index (κ2) is 8.20. The number of hydrogen-bond acceptors (Lipinski definition) is 4. The van der Waals surface area contributed by atoms with E-state index < -0.39 is 0 Å². The molecule has 0 spiro atoms. The van der Waals surface area contributed by atoms with Gasteiger partial charge in [0.1, 0.15) is 6.54 Å². The number of carbonyl (C=O) groups is 2. The van der Waals surface area contributed by atoms with Crippen LogP contribution >= 0.6 is 11.8 Å². The first-order valence-electron chi connectivity index (χ1n) is 9.55. The first-order chi connectivity index (χ1) is 14.5. The number of aryl methyl sites for hydroxylation is 1. The summed E-state index contributed by atoms with van der Waals surface area (Å²) in [6, 6.07) is 15.6. The zero-order valence-corrected chi connectivity index (χ0v) is 17.9. The van der Waals surface area contributed by atoms with Gasteiger partial charge in [-0.2, -0.15) is 0 Å². The van der Waals surface area contributed by atoms with Gasteiger partial charge in [-0.3, -0.25) is 19.5 Å². The third-order valence-electron chi connectivity index (χ3n) is 4.92. The monoisotopic (exact) mass is 418 g/mol. The minimum atomic E-state index is -0.105. The molecule has 30 heavy (non-hydrogen) atoms. The van der Waals surface area contributed by atoms with Crippen molar-refractivity contribution in [3.63, 3.8) is 0 Å². The zero-order chi connectivity index (χ0) is 21.3. The molecule has 1 aromatic heterocycles. The molecule has 1 saturated heterocycles. The van der Waals surface area contributed by atoms with E-state index in [-0.39, 0.29) is 18.4 Å². The Hall–Kier alpha value is -3.32. The number of aliphatic imine (C=N–C) groups is 1. The van der Waals surface area contributed by atoms with E-state index in [9.17, 15) is 9.59 Å². The summed E-state index contributed by atoms with van der Waals surface area (Å²) in [6.07, 6.45) is 3.79. The Morgan fingerprint density at radius 1 is 1.20 bits per heavy atom. The first-order valence-corrected chi connectivity index (χ1v) is 10.4. The number of amidine groups is 1. The van der Waals surface area contributed by atoms with Crippen molar-refractivity contribution in [2.75, 3.05) is 19.4 Å². The molecule has 0 unspecified atom stereocenters. The molecule has 1 N–H and O–H groups in total. The quantitative estimate of drug-likeness (QED) is 0.648. The third-order valence-corrected chi connectivity index (χ3v) is 6.07. The van der Waals surface area contributed by atoms with E-state index in [0.717, 1.165) is 27.7 Å². The number of thioether (sulfide) groups is 1. The van der Waals surface area contributed by atoms with Crippen LogP contribution in [0.3, 0.4) is 0 Å². The van der Waals surface area contributed by atoms with Crippen LogP contribution in [-0.2, 0) is 16.1 Å². The number of benzene rings is 2. The number of amides is 2. The summed E-state index contributed by atoms with van der Waals surface area (Å²) in [6.45, 7) is 2.17. The molecule has 2 heterocycles. The number of carbonyl (C=O) groups excluding carboxylic acids is 2. The van der Waals surface area contributed by atoms with Gasteiger partial charge in [-0.25, -0.2) is 0 Å². The molecule has 1 fully saturated rings. The molecule has 0 atom stereocenters. The van der Waals surface area contributed by atoms with E-state index in [4.69, 9.17) is 0 Å². The van der Waals surface area contributed by atoms with E-state index in [0.29, 0.717) is 10.1 Å². The average Bonchev–Trinajstić information content (AvgIpc) is 3.20. The second-order valence-electron chi connectivity index (χ2n) is 7.13. The van der Waals surface area contributed by atoms with Crippen molar-refractivity contribution in [1.82, 2.24) is 9.47 Å². The van der Waals surface area contributed by atoms with Gasteiger partial charge < -0.3 is 9.88 Å². The van der Waals surface area contributed by atoms with Crippen molar-refractivity contribution in [1.29, 1.82) is 0 Å². The molecule has 1 aliphatic rings. The van der Waals surface area contributed by atoms with Crippen molar-refractivity contribution in [2.24, 2.45) is 4.99 Å². The van der Waals surface area contributed by atoms with E-state index in [1.54, 1.807) is 19.0 Å². The predicted octanol–water partition coefficient (Wildman–Crippen LogP) is 4.12. The van der Waals surface area contributed by atoms with Crippen LogP contribution in [0.1, 0.15) is 11.1 Å². The molecule has 0 radical (unpaired) electrons. The molecule has 2 aromatic carbocycles. The van der Waals surface area contributed by atoms with Gasteiger partial charge in [0.05, 0.1) is 4.91 Å². The Morgan fingerprint density at radius 2 is 2.00 bits per heavy atom. The normalized spacial score (nSPS) is 16.8. The molecule has 152 valence electrons.